The Balaban J connectivity index is 0.808. The van der Waals surface area contributed by atoms with E-state index in [0.717, 1.165) is 38.5 Å². The van der Waals surface area contributed by atoms with E-state index >= 15 is 0 Å². The Morgan fingerprint density at radius 3 is 1.97 bits per heavy atom. The molecule has 7 aromatic carbocycles. The van der Waals surface area contributed by atoms with E-state index < -0.39 is 0 Å². The van der Waals surface area contributed by atoms with E-state index in [4.69, 9.17) is 0 Å². The lowest BCUT2D eigenvalue weighted by Gasteiger charge is -2.36. The van der Waals surface area contributed by atoms with Crippen molar-refractivity contribution in [2.45, 2.75) is 69.6 Å². The minimum absolute atomic E-state index is 0.0799. The first-order valence-electron chi connectivity index (χ1n) is 22.6. The Hall–Kier alpha value is -6.64. The molecule has 1 spiro atoms. The first-order valence-corrected chi connectivity index (χ1v) is 22.6. The van der Waals surface area contributed by atoms with Crippen LogP contribution in [-0.2, 0) is 24.7 Å². The van der Waals surface area contributed by atoms with Gasteiger partial charge in [-0.1, -0.05) is 134 Å². The molecule has 1 fully saturated rings. The second-order valence-corrected chi connectivity index (χ2v) is 18.2. The Morgan fingerprint density at radius 1 is 0.541 bits per heavy atom. The molecular weight excluding hydrogens is 737 g/mol. The number of aryl methyl sites for hydroxylation is 1. The molecule has 0 amide bonds. The van der Waals surface area contributed by atoms with Crippen LogP contribution in [0.5, 0.6) is 0 Å². The van der Waals surface area contributed by atoms with Crippen LogP contribution in [-0.4, -0.2) is 0 Å². The first kappa shape index (κ1) is 35.1. The lowest BCUT2D eigenvalue weighted by Crippen LogP contribution is -2.25. The zero-order chi connectivity index (χ0) is 40.1. The predicted octanol–water partition coefficient (Wildman–Crippen LogP) is 15.2. The van der Waals surface area contributed by atoms with Crippen LogP contribution in [0.15, 0.2) is 169 Å². The summed E-state index contributed by atoms with van der Waals surface area (Å²) < 4.78 is 0. The molecule has 2 aliphatic heterocycles. The van der Waals surface area contributed by atoms with Crippen molar-refractivity contribution in [3.05, 3.63) is 219 Å². The highest BCUT2D eigenvalue weighted by Gasteiger charge is 2.45. The topological polar surface area (TPSA) is 6.48 Å². The van der Waals surface area contributed by atoms with Gasteiger partial charge < -0.3 is 9.80 Å². The van der Waals surface area contributed by atoms with Gasteiger partial charge in [-0.3, -0.25) is 0 Å². The number of allylic oxidation sites excluding steroid dienone is 4. The molecule has 7 aromatic rings. The van der Waals surface area contributed by atoms with Gasteiger partial charge in [-0.25, -0.2) is 0 Å². The molecule has 0 saturated heterocycles. The molecule has 0 N–H and O–H groups in total. The summed E-state index contributed by atoms with van der Waals surface area (Å²) in [6.07, 6.45) is 23.3. The van der Waals surface area contributed by atoms with Gasteiger partial charge in [-0.15, -0.1) is 0 Å². The van der Waals surface area contributed by atoms with Gasteiger partial charge in [0, 0.05) is 46.0 Å². The number of hydrogen-bond donors (Lipinski definition) is 0. The summed E-state index contributed by atoms with van der Waals surface area (Å²) in [7, 11) is 0. The molecule has 61 heavy (non-hydrogen) atoms. The maximum absolute atomic E-state index is 2.57. The van der Waals surface area contributed by atoms with E-state index in [1.165, 1.54) is 132 Å². The van der Waals surface area contributed by atoms with Crippen LogP contribution < -0.4 is 9.80 Å². The van der Waals surface area contributed by atoms with Crippen molar-refractivity contribution in [1.29, 1.82) is 0 Å². The minimum Gasteiger partial charge on any atom is -0.314 e. The lowest BCUT2D eigenvalue weighted by atomic mass is 9.76. The summed E-state index contributed by atoms with van der Waals surface area (Å²) in [5, 5.41) is 2.70. The van der Waals surface area contributed by atoms with Crippen LogP contribution in [0.25, 0.3) is 40.1 Å². The van der Waals surface area contributed by atoms with Crippen molar-refractivity contribution in [3.63, 3.8) is 0 Å². The number of hydrogen-bond acceptors (Lipinski definition) is 2. The largest absolute Gasteiger partial charge is 0.314 e. The van der Waals surface area contributed by atoms with Crippen molar-refractivity contribution < 1.29 is 0 Å². The summed E-state index contributed by atoms with van der Waals surface area (Å²) in [5.74, 6) is 0. The molecule has 1 saturated carbocycles. The molecule has 0 radical (unpaired) electrons. The summed E-state index contributed by atoms with van der Waals surface area (Å²) in [6.45, 7) is 0. The van der Waals surface area contributed by atoms with Crippen molar-refractivity contribution in [2.75, 3.05) is 9.80 Å². The molecule has 0 unspecified atom stereocenters. The number of fused-ring (bicyclic) bond motifs is 11. The molecule has 0 aromatic heterocycles. The SMILES string of the molecule is C1=CC2=C(CC1)Cc1ccccc1N2c1ccc2c(c1)C1(CCCC1)c1cc(/C=C/c3ccc4c5c(ccc4c3)C=C(N3c4ccccc4Cc4ccccc43)CC5)ccc1-2. The Labute approximate surface area is 359 Å². The zero-order valence-corrected chi connectivity index (χ0v) is 34.6. The van der Waals surface area contributed by atoms with Crippen molar-refractivity contribution in [3.8, 4) is 11.1 Å². The van der Waals surface area contributed by atoms with Gasteiger partial charge in [0.1, 0.15) is 0 Å². The molecular formula is C59H48N2. The highest BCUT2D eigenvalue weighted by Crippen LogP contribution is 2.58. The average Bonchev–Trinajstić information content (AvgIpc) is 3.92. The molecule has 13 rings (SSSR count). The maximum atomic E-state index is 2.57. The van der Waals surface area contributed by atoms with E-state index in [2.05, 4.69) is 180 Å². The number of anilines is 4. The fourth-order valence-corrected chi connectivity index (χ4v) is 12.1. The lowest BCUT2D eigenvalue weighted by molar-refractivity contribution is 0.550. The fraction of sp³-hybridized carbons (Fsp3) is 0.186. The van der Waals surface area contributed by atoms with Gasteiger partial charge >= 0.3 is 0 Å². The van der Waals surface area contributed by atoms with Crippen LogP contribution in [0, 0.1) is 0 Å². The Kier molecular flexibility index (Phi) is 7.89. The maximum Gasteiger partial charge on any atom is 0.0496 e. The van der Waals surface area contributed by atoms with Gasteiger partial charge in [0.15, 0.2) is 0 Å². The summed E-state index contributed by atoms with van der Waals surface area (Å²) in [5.41, 5.74) is 25.2. The van der Waals surface area contributed by atoms with Gasteiger partial charge in [-0.05, 0) is 171 Å². The number of rotatable bonds is 4. The molecule has 6 aliphatic rings. The number of nitrogens with zero attached hydrogens (tertiary/aromatic N) is 2. The van der Waals surface area contributed by atoms with Gasteiger partial charge in [0.05, 0.1) is 0 Å². The fourth-order valence-electron chi connectivity index (χ4n) is 12.1. The summed E-state index contributed by atoms with van der Waals surface area (Å²) >= 11 is 0. The van der Waals surface area contributed by atoms with E-state index in [1.807, 2.05) is 0 Å². The third-order valence-electron chi connectivity index (χ3n) is 15.0. The molecule has 0 bridgehead atoms. The molecule has 2 heteroatoms. The van der Waals surface area contributed by atoms with Crippen LogP contribution in [0.1, 0.15) is 95.0 Å². The Bertz CT molecular complexity index is 3060. The van der Waals surface area contributed by atoms with E-state index in [-0.39, 0.29) is 5.41 Å². The second-order valence-electron chi connectivity index (χ2n) is 18.2. The van der Waals surface area contributed by atoms with Gasteiger partial charge in [-0.2, -0.15) is 0 Å². The predicted molar refractivity (Wildman–Crippen MR) is 256 cm³/mol. The number of benzene rings is 7. The standard InChI is InChI=1S/C59H48N2/c1-5-15-55-43(11-1)35-44-12-2-6-16-56(44)60(55)47-25-29-50-42(37-47)24-23-41-33-39(21-27-49(41)50)19-20-40-22-28-51-52-30-26-48(38-54(52)59(53(51)34-40)31-9-10-32-59)61-57-17-7-3-13-45(57)36-46-14-4-8-18-58(46)61/h1-3,5-8,11-13,15-24,26-28,30,33-34,37-38H,4,9-10,14,25,29,31-32,35-36H2/b20-19+. The molecule has 294 valence electrons. The van der Waals surface area contributed by atoms with Crippen LogP contribution in [0.3, 0.4) is 0 Å². The molecule has 2 heterocycles. The van der Waals surface area contributed by atoms with Crippen molar-refractivity contribution >= 4 is 51.8 Å². The van der Waals surface area contributed by atoms with Gasteiger partial charge in [0.2, 0.25) is 0 Å². The molecule has 0 atom stereocenters. The van der Waals surface area contributed by atoms with Crippen LogP contribution in [0.2, 0.25) is 0 Å². The smallest absolute Gasteiger partial charge is 0.0496 e. The third kappa shape index (κ3) is 5.47. The highest BCUT2D eigenvalue weighted by atomic mass is 15.2. The molecule has 2 nitrogen and oxygen atoms in total. The minimum atomic E-state index is 0.0799. The van der Waals surface area contributed by atoms with Crippen LogP contribution in [0.4, 0.5) is 22.7 Å². The molecule has 4 aliphatic carbocycles. The monoisotopic (exact) mass is 784 g/mol. The Morgan fingerprint density at radius 2 is 1.20 bits per heavy atom. The zero-order valence-electron chi connectivity index (χ0n) is 34.6. The number of para-hydroxylation sites is 3. The average molecular weight is 785 g/mol. The second kappa shape index (κ2) is 13.7. The van der Waals surface area contributed by atoms with Crippen molar-refractivity contribution in [2.24, 2.45) is 0 Å². The normalized spacial score (nSPS) is 17.8. The van der Waals surface area contributed by atoms with Gasteiger partial charge in [0.25, 0.3) is 0 Å². The highest BCUT2D eigenvalue weighted by molar-refractivity contribution is 5.93. The first-order chi connectivity index (χ1) is 30.2. The van der Waals surface area contributed by atoms with E-state index in [1.54, 1.807) is 5.57 Å². The van der Waals surface area contributed by atoms with E-state index in [0.29, 0.717) is 0 Å². The van der Waals surface area contributed by atoms with Crippen molar-refractivity contribution in [1.82, 2.24) is 0 Å². The summed E-state index contributed by atoms with van der Waals surface area (Å²) in [4.78, 5) is 5.08. The van der Waals surface area contributed by atoms with E-state index in [9.17, 15) is 0 Å². The van der Waals surface area contributed by atoms with Crippen LogP contribution >= 0.6 is 0 Å². The quantitative estimate of drug-likeness (QED) is 0.164. The summed E-state index contributed by atoms with van der Waals surface area (Å²) in [6, 6.07) is 53.3. The third-order valence-corrected chi connectivity index (χ3v) is 15.0.